The molecule has 2 unspecified atom stereocenters. The summed E-state index contributed by atoms with van der Waals surface area (Å²) in [6, 6.07) is 3.10. The molecule has 10 nitrogen and oxygen atoms in total. The molecule has 194 valence electrons. The molecular formula is C26H29FN6O4. The van der Waals surface area contributed by atoms with Gasteiger partial charge in [0.15, 0.2) is 5.82 Å². The number of aromatic nitrogens is 2. The molecule has 0 saturated carbocycles. The molecule has 0 radical (unpaired) electrons. The highest BCUT2D eigenvalue weighted by atomic mass is 19.1. The topological polar surface area (TPSA) is 126 Å². The maximum Gasteiger partial charge on any atom is 0.413 e. The van der Waals surface area contributed by atoms with E-state index < -0.39 is 11.9 Å². The number of pyridine rings is 2. The fourth-order valence-corrected chi connectivity index (χ4v) is 6.06. The van der Waals surface area contributed by atoms with Crippen LogP contribution in [0.25, 0.3) is 21.9 Å². The minimum atomic E-state index is -1.07. The van der Waals surface area contributed by atoms with E-state index in [-0.39, 0.29) is 29.1 Å². The first-order chi connectivity index (χ1) is 17.8. The number of carboxylic acid groups (broad SMARTS) is 1. The number of likely N-dealkylation sites (tertiary alicyclic amines) is 1. The van der Waals surface area contributed by atoms with Crippen LogP contribution in [0, 0.1) is 24.6 Å². The second kappa shape index (κ2) is 9.00. The van der Waals surface area contributed by atoms with Crippen molar-refractivity contribution in [2.75, 3.05) is 62.5 Å². The van der Waals surface area contributed by atoms with Gasteiger partial charge in [0.25, 0.3) is 0 Å². The fourth-order valence-electron chi connectivity index (χ4n) is 6.06. The number of nitrogens with two attached hydrogens (primary N) is 1. The zero-order valence-electron chi connectivity index (χ0n) is 20.7. The summed E-state index contributed by atoms with van der Waals surface area (Å²) in [4.78, 5) is 24.9. The van der Waals surface area contributed by atoms with E-state index in [4.69, 9.17) is 15.2 Å². The van der Waals surface area contributed by atoms with Crippen molar-refractivity contribution in [2.24, 2.45) is 11.8 Å². The predicted molar refractivity (Wildman–Crippen MR) is 138 cm³/mol. The number of nitrogens with zero attached hydrogens (tertiary/aromatic N) is 4. The van der Waals surface area contributed by atoms with Crippen LogP contribution in [0.1, 0.15) is 5.56 Å². The van der Waals surface area contributed by atoms with Crippen molar-refractivity contribution in [1.82, 2.24) is 14.9 Å². The average molecular weight is 509 g/mol. The first-order valence-electron chi connectivity index (χ1n) is 12.4. The van der Waals surface area contributed by atoms with Gasteiger partial charge in [0.2, 0.25) is 5.88 Å². The van der Waals surface area contributed by atoms with Gasteiger partial charge in [0, 0.05) is 60.4 Å². The molecular weight excluding hydrogens is 479 g/mol. The molecule has 6 rings (SSSR count). The van der Waals surface area contributed by atoms with E-state index in [0.717, 1.165) is 24.3 Å². The van der Waals surface area contributed by atoms with E-state index in [1.165, 1.54) is 11.1 Å². The molecule has 2 bridgehead atoms. The SMILES string of the molecule is Cc1c(-c2cc3cc(N(C(=O)O)C4C5COCC4CN(C)C5)ncc3c(N)c2F)cnc2c1NCCO2. The molecule has 0 spiro atoms. The van der Waals surface area contributed by atoms with Gasteiger partial charge in [-0.05, 0) is 37.1 Å². The fraction of sp³-hybridized carbons (Fsp3) is 0.423. The highest BCUT2D eigenvalue weighted by molar-refractivity contribution is 6.00. The number of nitrogens with one attached hydrogen (secondary N) is 1. The van der Waals surface area contributed by atoms with Gasteiger partial charge in [-0.25, -0.2) is 19.2 Å². The number of amides is 1. The van der Waals surface area contributed by atoms with Crippen LogP contribution >= 0.6 is 0 Å². The van der Waals surface area contributed by atoms with Crippen LogP contribution in [-0.2, 0) is 4.74 Å². The molecule has 4 N–H and O–H groups in total. The van der Waals surface area contributed by atoms with Crippen LogP contribution in [0.15, 0.2) is 24.5 Å². The predicted octanol–water partition coefficient (Wildman–Crippen LogP) is 3.19. The second-order valence-corrected chi connectivity index (χ2v) is 10.1. The molecule has 3 aliphatic rings. The van der Waals surface area contributed by atoms with Crippen LogP contribution in [0.4, 0.5) is 26.4 Å². The molecule has 2 fully saturated rings. The zero-order chi connectivity index (χ0) is 25.8. The third-order valence-corrected chi connectivity index (χ3v) is 7.69. The van der Waals surface area contributed by atoms with Gasteiger partial charge in [0.1, 0.15) is 18.1 Å². The lowest BCUT2D eigenvalue weighted by Gasteiger charge is -2.49. The molecule has 11 heteroatoms. The van der Waals surface area contributed by atoms with E-state index in [1.807, 2.05) is 14.0 Å². The number of rotatable bonds is 3. The molecule has 3 aliphatic heterocycles. The number of hydrogen-bond acceptors (Lipinski definition) is 8. The van der Waals surface area contributed by atoms with Gasteiger partial charge < -0.3 is 30.5 Å². The number of anilines is 3. The molecule has 2 saturated heterocycles. The van der Waals surface area contributed by atoms with Crippen molar-refractivity contribution in [1.29, 1.82) is 0 Å². The minimum absolute atomic E-state index is 0.0267. The Balaban J connectivity index is 1.46. The number of nitrogen functional groups attached to an aromatic ring is 1. The Labute approximate surface area is 213 Å². The zero-order valence-corrected chi connectivity index (χ0v) is 20.7. The quantitative estimate of drug-likeness (QED) is 0.457. The Morgan fingerprint density at radius 3 is 2.70 bits per heavy atom. The first-order valence-corrected chi connectivity index (χ1v) is 12.4. The minimum Gasteiger partial charge on any atom is -0.474 e. The van der Waals surface area contributed by atoms with Crippen LogP contribution in [0.2, 0.25) is 0 Å². The normalized spacial score (nSPS) is 23.2. The Morgan fingerprint density at radius 1 is 1.22 bits per heavy atom. The van der Waals surface area contributed by atoms with Crippen molar-refractivity contribution in [3.05, 3.63) is 35.9 Å². The van der Waals surface area contributed by atoms with Gasteiger partial charge in [-0.3, -0.25) is 4.90 Å². The Morgan fingerprint density at radius 2 is 1.97 bits per heavy atom. The molecule has 5 heterocycles. The standard InChI is InChI=1S/C26H29FN6O4/c1-13-18(7-31-25-23(13)29-3-4-37-25)17-5-14-6-20(30-8-19(14)22(28)21(17)27)33(26(34)35)24-15-9-32(2)10-16(24)12-36-11-15/h5-8,15-16,24,29H,3-4,9-12,28H2,1-2H3,(H,34,35). The smallest absolute Gasteiger partial charge is 0.413 e. The third-order valence-electron chi connectivity index (χ3n) is 7.69. The number of ether oxygens (including phenoxy) is 2. The summed E-state index contributed by atoms with van der Waals surface area (Å²) in [5.74, 6) is 0.259. The monoisotopic (exact) mass is 508 g/mol. The molecule has 37 heavy (non-hydrogen) atoms. The highest BCUT2D eigenvalue weighted by Gasteiger charge is 2.45. The lowest BCUT2D eigenvalue weighted by atomic mass is 9.81. The van der Waals surface area contributed by atoms with Crippen molar-refractivity contribution in [3.63, 3.8) is 0 Å². The number of benzene rings is 1. The van der Waals surface area contributed by atoms with Gasteiger partial charge in [-0.15, -0.1) is 0 Å². The van der Waals surface area contributed by atoms with Gasteiger partial charge in [-0.1, -0.05) is 0 Å². The molecule has 3 aromatic rings. The molecule has 0 aliphatic carbocycles. The number of hydrogen-bond donors (Lipinski definition) is 3. The molecule has 1 aromatic carbocycles. The van der Waals surface area contributed by atoms with Crippen molar-refractivity contribution >= 4 is 34.1 Å². The molecule has 2 aromatic heterocycles. The molecule has 2 atom stereocenters. The van der Waals surface area contributed by atoms with E-state index in [9.17, 15) is 9.90 Å². The van der Waals surface area contributed by atoms with E-state index in [1.54, 1.807) is 18.3 Å². The number of halogens is 1. The summed E-state index contributed by atoms with van der Waals surface area (Å²) < 4.78 is 26.9. The van der Waals surface area contributed by atoms with Gasteiger partial charge in [0.05, 0.1) is 24.9 Å². The van der Waals surface area contributed by atoms with Crippen LogP contribution in [0.3, 0.4) is 0 Å². The van der Waals surface area contributed by atoms with Crippen LogP contribution in [-0.4, -0.2) is 78.6 Å². The highest BCUT2D eigenvalue weighted by Crippen LogP contribution is 2.40. The average Bonchev–Trinajstić information content (AvgIpc) is 2.87. The number of carbonyl (C=O) groups is 1. The third kappa shape index (κ3) is 3.89. The summed E-state index contributed by atoms with van der Waals surface area (Å²) in [5, 5.41) is 14.6. The summed E-state index contributed by atoms with van der Waals surface area (Å²) in [6.45, 7) is 5.48. The summed E-state index contributed by atoms with van der Waals surface area (Å²) >= 11 is 0. The Bertz CT molecular complexity index is 1390. The van der Waals surface area contributed by atoms with E-state index >= 15 is 4.39 Å². The molecule has 1 amide bonds. The van der Waals surface area contributed by atoms with Crippen LogP contribution in [0.5, 0.6) is 5.88 Å². The number of fused-ring (bicyclic) bond motifs is 4. The van der Waals surface area contributed by atoms with Crippen molar-refractivity contribution < 1.29 is 23.8 Å². The van der Waals surface area contributed by atoms with Crippen LogP contribution < -0.4 is 20.7 Å². The Kier molecular flexibility index (Phi) is 5.76. The van der Waals surface area contributed by atoms with E-state index in [2.05, 4.69) is 20.2 Å². The summed E-state index contributed by atoms with van der Waals surface area (Å²) in [6.07, 6.45) is 1.96. The maximum absolute atomic E-state index is 15.5. The first kappa shape index (κ1) is 23.7. The maximum atomic E-state index is 15.5. The van der Waals surface area contributed by atoms with E-state index in [0.29, 0.717) is 54.4 Å². The van der Waals surface area contributed by atoms with Gasteiger partial charge >= 0.3 is 6.09 Å². The summed E-state index contributed by atoms with van der Waals surface area (Å²) in [5.41, 5.74) is 8.58. The lowest BCUT2D eigenvalue weighted by Crippen LogP contribution is -2.62. The van der Waals surface area contributed by atoms with Crippen molar-refractivity contribution in [3.8, 4) is 17.0 Å². The second-order valence-electron chi connectivity index (χ2n) is 10.1. The Hall–Kier alpha value is -3.70. The van der Waals surface area contributed by atoms with Gasteiger partial charge in [-0.2, -0.15) is 0 Å². The number of piperidine rings is 1. The summed E-state index contributed by atoms with van der Waals surface area (Å²) in [7, 11) is 2.04. The lowest BCUT2D eigenvalue weighted by molar-refractivity contribution is -0.0494. The van der Waals surface area contributed by atoms with Crippen molar-refractivity contribution in [2.45, 2.75) is 13.0 Å². The largest absolute Gasteiger partial charge is 0.474 e.